The second-order valence-corrected chi connectivity index (χ2v) is 9.60. The molecule has 1 saturated heterocycles. The van der Waals surface area contributed by atoms with Crippen LogP contribution in [0.4, 0.5) is 14.5 Å². The Morgan fingerprint density at radius 3 is 2.21 bits per heavy atom. The molecule has 0 unspecified atom stereocenters. The van der Waals surface area contributed by atoms with Crippen molar-refractivity contribution in [2.45, 2.75) is 51.3 Å². The van der Waals surface area contributed by atoms with E-state index in [1.807, 2.05) is 18.2 Å². The van der Waals surface area contributed by atoms with Crippen LogP contribution >= 0.6 is 0 Å². The molecule has 0 aliphatic carbocycles. The number of anilines is 1. The van der Waals surface area contributed by atoms with E-state index < -0.39 is 29.7 Å². The molecule has 9 heteroatoms. The van der Waals surface area contributed by atoms with Gasteiger partial charge in [-0.1, -0.05) is 31.2 Å². The molecule has 2 atom stereocenters. The van der Waals surface area contributed by atoms with Crippen molar-refractivity contribution < 1.29 is 28.3 Å². The number of nitrogens with zero attached hydrogens (tertiary/aromatic N) is 1. The van der Waals surface area contributed by atoms with Crippen molar-refractivity contribution in [1.29, 1.82) is 0 Å². The van der Waals surface area contributed by atoms with Gasteiger partial charge in [0.25, 0.3) is 5.91 Å². The first kappa shape index (κ1) is 28.1. The van der Waals surface area contributed by atoms with Crippen LogP contribution in [0.1, 0.15) is 46.8 Å². The third-order valence-corrected chi connectivity index (χ3v) is 6.68. The van der Waals surface area contributed by atoms with Crippen molar-refractivity contribution in [1.82, 2.24) is 10.6 Å². The largest absolute Gasteiger partial charge is 0.390 e. The van der Waals surface area contributed by atoms with Gasteiger partial charge in [-0.2, -0.15) is 0 Å². The molecule has 1 aliphatic heterocycles. The summed E-state index contributed by atoms with van der Waals surface area (Å²) < 4.78 is 27.7. The topological polar surface area (TPSA) is 98.7 Å². The zero-order valence-corrected chi connectivity index (χ0v) is 21.6. The number of rotatable bonds is 11. The molecule has 0 bridgehead atoms. The first-order valence-corrected chi connectivity index (χ1v) is 12.9. The minimum Gasteiger partial charge on any atom is -0.390 e. The van der Waals surface area contributed by atoms with E-state index in [0.29, 0.717) is 12.2 Å². The number of benzene rings is 3. The van der Waals surface area contributed by atoms with E-state index in [-0.39, 0.29) is 48.7 Å². The summed E-state index contributed by atoms with van der Waals surface area (Å²) in [6, 6.07) is 16.2. The lowest BCUT2D eigenvalue weighted by Crippen LogP contribution is -2.48. The molecule has 1 aliphatic rings. The molecule has 7 nitrogen and oxygen atoms in total. The van der Waals surface area contributed by atoms with E-state index in [1.165, 1.54) is 29.8 Å². The quantitative estimate of drug-likeness (QED) is 0.326. The number of aliphatic hydroxyl groups is 1. The van der Waals surface area contributed by atoms with Crippen molar-refractivity contribution >= 4 is 23.4 Å². The monoisotopic (exact) mass is 535 g/mol. The highest BCUT2D eigenvalue weighted by Gasteiger charge is 2.30. The average molecular weight is 536 g/mol. The minimum atomic E-state index is -1.08. The van der Waals surface area contributed by atoms with Crippen molar-refractivity contribution in [3.63, 3.8) is 0 Å². The summed E-state index contributed by atoms with van der Waals surface area (Å²) in [7, 11) is 0. The van der Waals surface area contributed by atoms with Crippen molar-refractivity contribution in [2.24, 2.45) is 0 Å². The summed E-state index contributed by atoms with van der Waals surface area (Å²) in [5, 5.41) is 16.9. The number of nitrogens with one attached hydrogen (secondary N) is 2. The number of amides is 3. The summed E-state index contributed by atoms with van der Waals surface area (Å²) in [5.74, 6) is -2.61. The standard InChI is InChI=1S/C30H31F2N3O4/c1-2-19-4-3-5-20(12-19)17-33-18-27(36)26(15-21-13-23(31)16-24(32)14-21)34-30(39)22-6-8-25(9-7-22)35-28(37)10-11-29(35)38/h3-9,12-14,16,26-27,33,36H,2,10-11,15,17-18H2,1H3,(H,34,39)/t26-,27-/m0/s1. The molecule has 39 heavy (non-hydrogen) atoms. The number of imide groups is 1. The molecule has 204 valence electrons. The fraction of sp³-hybridized carbons (Fsp3) is 0.300. The third kappa shape index (κ3) is 7.34. The number of hydrogen-bond acceptors (Lipinski definition) is 5. The zero-order chi connectivity index (χ0) is 27.9. The molecule has 1 fully saturated rings. The predicted molar refractivity (Wildman–Crippen MR) is 143 cm³/mol. The summed E-state index contributed by atoms with van der Waals surface area (Å²) in [6.07, 6.45) is 0.122. The smallest absolute Gasteiger partial charge is 0.251 e. The van der Waals surface area contributed by atoms with E-state index in [1.54, 1.807) is 0 Å². The number of hydrogen-bond donors (Lipinski definition) is 3. The van der Waals surface area contributed by atoms with E-state index in [0.717, 1.165) is 35.1 Å². The van der Waals surface area contributed by atoms with Gasteiger partial charge in [0.15, 0.2) is 0 Å². The second kappa shape index (κ2) is 12.7. The summed E-state index contributed by atoms with van der Waals surface area (Å²) in [6.45, 7) is 2.69. The molecular formula is C30H31F2N3O4. The van der Waals surface area contributed by atoms with E-state index in [9.17, 15) is 28.3 Å². The van der Waals surface area contributed by atoms with Crippen LogP contribution in [0.15, 0.2) is 66.7 Å². The molecule has 0 saturated carbocycles. The first-order chi connectivity index (χ1) is 18.7. The Hall–Kier alpha value is -3.95. The van der Waals surface area contributed by atoms with Crippen molar-refractivity contribution in [3.05, 3.63) is 101 Å². The number of carbonyl (C=O) groups is 3. The Labute approximate surface area is 225 Å². The van der Waals surface area contributed by atoms with Crippen LogP contribution < -0.4 is 15.5 Å². The highest BCUT2D eigenvalue weighted by Crippen LogP contribution is 2.23. The van der Waals surface area contributed by atoms with E-state index in [4.69, 9.17) is 0 Å². The first-order valence-electron chi connectivity index (χ1n) is 12.9. The minimum absolute atomic E-state index is 0.0105. The number of carbonyl (C=O) groups excluding carboxylic acids is 3. The van der Waals surface area contributed by atoms with Gasteiger partial charge in [-0.05, 0) is 65.9 Å². The van der Waals surface area contributed by atoms with Crippen molar-refractivity contribution in [3.8, 4) is 0 Å². The highest BCUT2D eigenvalue weighted by atomic mass is 19.1. The summed E-state index contributed by atoms with van der Waals surface area (Å²) in [5.41, 5.74) is 3.14. The molecular weight excluding hydrogens is 504 g/mol. The molecule has 1 heterocycles. The number of aliphatic hydroxyl groups excluding tert-OH is 1. The lowest BCUT2D eigenvalue weighted by Gasteiger charge is -2.25. The van der Waals surface area contributed by atoms with Crippen molar-refractivity contribution in [2.75, 3.05) is 11.4 Å². The van der Waals surface area contributed by atoms with Gasteiger partial charge < -0.3 is 15.7 Å². The van der Waals surface area contributed by atoms with E-state index in [2.05, 4.69) is 23.6 Å². The van der Waals surface area contributed by atoms with Crippen LogP contribution in [0.2, 0.25) is 0 Å². The van der Waals surface area contributed by atoms with Gasteiger partial charge in [0.05, 0.1) is 17.8 Å². The van der Waals surface area contributed by atoms with Crippen LogP contribution in [0, 0.1) is 11.6 Å². The molecule has 0 radical (unpaired) electrons. The van der Waals surface area contributed by atoms with E-state index >= 15 is 0 Å². The van der Waals surface area contributed by atoms with Gasteiger partial charge in [0.1, 0.15) is 11.6 Å². The fourth-order valence-corrected chi connectivity index (χ4v) is 4.61. The molecule has 3 aromatic carbocycles. The molecule has 0 spiro atoms. The Kier molecular flexibility index (Phi) is 9.16. The molecule has 3 amide bonds. The number of aryl methyl sites for hydroxylation is 1. The van der Waals surface area contributed by atoms with Crippen LogP contribution in [0.3, 0.4) is 0 Å². The Balaban J connectivity index is 1.45. The molecule has 3 N–H and O–H groups in total. The van der Waals surface area contributed by atoms with Gasteiger partial charge in [0.2, 0.25) is 11.8 Å². The van der Waals surface area contributed by atoms with Gasteiger partial charge >= 0.3 is 0 Å². The fourth-order valence-electron chi connectivity index (χ4n) is 4.61. The highest BCUT2D eigenvalue weighted by molar-refractivity contribution is 6.19. The predicted octanol–water partition coefficient (Wildman–Crippen LogP) is 3.67. The Morgan fingerprint density at radius 2 is 1.56 bits per heavy atom. The van der Waals surface area contributed by atoms with Gasteiger partial charge in [-0.15, -0.1) is 0 Å². The van der Waals surface area contributed by atoms with Crippen LogP contribution in [0.5, 0.6) is 0 Å². The Bertz CT molecular complexity index is 1310. The normalized spacial score (nSPS) is 14.9. The lowest BCUT2D eigenvalue weighted by molar-refractivity contribution is -0.121. The maximum atomic E-state index is 13.8. The van der Waals surface area contributed by atoms with Crippen LogP contribution in [-0.2, 0) is 29.0 Å². The Morgan fingerprint density at radius 1 is 0.923 bits per heavy atom. The van der Waals surface area contributed by atoms with Gasteiger partial charge in [-0.25, -0.2) is 8.78 Å². The molecule has 3 aromatic rings. The third-order valence-electron chi connectivity index (χ3n) is 6.68. The maximum absolute atomic E-state index is 13.8. The average Bonchev–Trinajstić information content (AvgIpc) is 3.25. The zero-order valence-electron chi connectivity index (χ0n) is 21.6. The van der Waals surface area contributed by atoms with Gasteiger partial charge in [0, 0.05) is 37.6 Å². The summed E-state index contributed by atoms with van der Waals surface area (Å²) in [4.78, 5) is 38.2. The SMILES string of the molecule is CCc1cccc(CNC[C@H](O)[C@H](Cc2cc(F)cc(F)c2)NC(=O)c2ccc(N3C(=O)CCC3=O)cc2)c1. The molecule has 0 aromatic heterocycles. The molecule has 4 rings (SSSR count). The lowest BCUT2D eigenvalue weighted by atomic mass is 10.00. The maximum Gasteiger partial charge on any atom is 0.251 e. The van der Waals surface area contributed by atoms with Crippen LogP contribution in [-0.4, -0.2) is 41.5 Å². The second-order valence-electron chi connectivity index (χ2n) is 9.60. The summed E-state index contributed by atoms with van der Waals surface area (Å²) >= 11 is 0. The number of halogens is 2. The van der Waals surface area contributed by atoms with Gasteiger partial charge in [-0.3, -0.25) is 19.3 Å². The van der Waals surface area contributed by atoms with Crippen LogP contribution in [0.25, 0.3) is 0 Å².